The summed E-state index contributed by atoms with van der Waals surface area (Å²) in [4.78, 5) is 22.9. The van der Waals surface area contributed by atoms with E-state index in [2.05, 4.69) is 35.0 Å². The molecule has 2 aromatic heterocycles. The number of hydrogen-bond donors (Lipinski definition) is 0. The highest BCUT2D eigenvalue weighted by Gasteiger charge is 2.25. The van der Waals surface area contributed by atoms with Gasteiger partial charge in [-0.05, 0) is 45.7 Å². The molecule has 3 rings (SSSR count). The number of likely N-dealkylation sites (tertiary alicyclic amines) is 1. The zero-order valence-corrected chi connectivity index (χ0v) is 14.9. The van der Waals surface area contributed by atoms with Crippen LogP contribution in [0.5, 0.6) is 0 Å². The van der Waals surface area contributed by atoms with Crippen molar-refractivity contribution in [3.05, 3.63) is 29.8 Å². The van der Waals surface area contributed by atoms with Crippen molar-refractivity contribution in [1.29, 1.82) is 0 Å². The molecule has 0 unspecified atom stereocenters. The lowest BCUT2D eigenvalue weighted by atomic mass is 9.94. The minimum Gasteiger partial charge on any atom is -0.342 e. The highest BCUT2D eigenvalue weighted by atomic mass is 16.2. The summed E-state index contributed by atoms with van der Waals surface area (Å²) in [6, 6.07) is 4.34. The van der Waals surface area contributed by atoms with Crippen LogP contribution in [0.2, 0.25) is 0 Å². The molecule has 0 aromatic carbocycles. The standard InChI is InChI=1S/C18H25N5O/c1-12(2)23-18(7-8-19-23)17-10-16(20-13(3)21-17)15-6-5-9-22(11-15)14(4)24/h7-8,10,12,15H,5-6,9,11H2,1-4H3/t15-/m1/s1. The average Bonchev–Trinajstić information content (AvgIpc) is 3.04. The first-order valence-electron chi connectivity index (χ1n) is 8.60. The SMILES string of the molecule is CC(=O)N1CCC[C@@H](c2cc(-c3ccnn3C(C)C)nc(C)n2)C1. The van der Waals surface area contributed by atoms with Gasteiger partial charge in [-0.2, -0.15) is 5.10 Å². The van der Waals surface area contributed by atoms with Gasteiger partial charge in [0.25, 0.3) is 0 Å². The fourth-order valence-corrected chi connectivity index (χ4v) is 3.36. The molecule has 1 amide bonds. The lowest BCUT2D eigenvalue weighted by molar-refractivity contribution is -0.130. The zero-order chi connectivity index (χ0) is 17.3. The predicted molar refractivity (Wildman–Crippen MR) is 92.6 cm³/mol. The summed E-state index contributed by atoms with van der Waals surface area (Å²) in [5.41, 5.74) is 2.94. The molecular formula is C18H25N5O. The lowest BCUT2D eigenvalue weighted by Crippen LogP contribution is -2.37. The molecule has 0 radical (unpaired) electrons. The third-order valence-electron chi connectivity index (χ3n) is 4.56. The van der Waals surface area contributed by atoms with Crippen molar-refractivity contribution in [1.82, 2.24) is 24.6 Å². The van der Waals surface area contributed by atoms with Gasteiger partial charge in [0.05, 0.1) is 11.4 Å². The Morgan fingerprint density at radius 2 is 2.12 bits per heavy atom. The number of aryl methyl sites for hydroxylation is 1. The van der Waals surface area contributed by atoms with E-state index in [9.17, 15) is 4.79 Å². The van der Waals surface area contributed by atoms with Gasteiger partial charge < -0.3 is 4.90 Å². The maximum atomic E-state index is 11.7. The van der Waals surface area contributed by atoms with Gasteiger partial charge in [0, 0.05) is 43.9 Å². The van der Waals surface area contributed by atoms with Gasteiger partial charge in [0.15, 0.2) is 0 Å². The Morgan fingerprint density at radius 1 is 1.33 bits per heavy atom. The van der Waals surface area contributed by atoms with Crippen LogP contribution in [0.1, 0.15) is 57.1 Å². The predicted octanol–water partition coefficient (Wildman–Crippen LogP) is 2.96. The molecule has 0 bridgehead atoms. The highest BCUT2D eigenvalue weighted by molar-refractivity contribution is 5.73. The molecule has 0 saturated carbocycles. The van der Waals surface area contributed by atoms with Gasteiger partial charge in [0.1, 0.15) is 5.82 Å². The number of rotatable bonds is 3. The smallest absolute Gasteiger partial charge is 0.219 e. The number of piperidine rings is 1. The molecule has 0 aliphatic carbocycles. The first-order valence-corrected chi connectivity index (χ1v) is 8.60. The topological polar surface area (TPSA) is 63.9 Å². The molecular weight excluding hydrogens is 302 g/mol. The second-order valence-electron chi connectivity index (χ2n) is 6.78. The van der Waals surface area contributed by atoms with E-state index in [1.54, 1.807) is 6.92 Å². The summed E-state index contributed by atoms with van der Waals surface area (Å²) in [5, 5.41) is 4.40. The van der Waals surface area contributed by atoms with E-state index < -0.39 is 0 Å². The summed E-state index contributed by atoms with van der Waals surface area (Å²) in [6.07, 6.45) is 3.89. The van der Waals surface area contributed by atoms with Gasteiger partial charge in [-0.15, -0.1) is 0 Å². The molecule has 24 heavy (non-hydrogen) atoms. The molecule has 6 heteroatoms. The minimum absolute atomic E-state index is 0.142. The van der Waals surface area contributed by atoms with E-state index in [4.69, 9.17) is 0 Å². The number of hydrogen-bond acceptors (Lipinski definition) is 4. The minimum atomic E-state index is 0.142. The number of carbonyl (C=O) groups excluding carboxylic acids is 1. The molecule has 6 nitrogen and oxygen atoms in total. The second-order valence-corrected chi connectivity index (χ2v) is 6.78. The van der Waals surface area contributed by atoms with Gasteiger partial charge >= 0.3 is 0 Å². The van der Waals surface area contributed by atoms with Crippen molar-refractivity contribution in [3.63, 3.8) is 0 Å². The van der Waals surface area contributed by atoms with E-state index >= 15 is 0 Å². The van der Waals surface area contributed by atoms with Crippen LogP contribution in [0.3, 0.4) is 0 Å². The Labute approximate surface area is 142 Å². The molecule has 1 aliphatic heterocycles. The van der Waals surface area contributed by atoms with Crippen LogP contribution >= 0.6 is 0 Å². The van der Waals surface area contributed by atoms with Gasteiger partial charge in [-0.1, -0.05) is 0 Å². The first-order chi connectivity index (χ1) is 11.5. The van der Waals surface area contributed by atoms with E-state index in [0.717, 1.165) is 48.8 Å². The van der Waals surface area contributed by atoms with Crippen molar-refractivity contribution in [2.45, 2.75) is 52.5 Å². The summed E-state index contributed by atoms with van der Waals surface area (Å²) < 4.78 is 1.98. The maximum Gasteiger partial charge on any atom is 0.219 e. The van der Waals surface area contributed by atoms with Crippen LogP contribution in [0, 0.1) is 6.92 Å². The van der Waals surface area contributed by atoms with Crippen molar-refractivity contribution in [2.24, 2.45) is 0 Å². The van der Waals surface area contributed by atoms with Crippen LogP contribution in [0.15, 0.2) is 18.3 Å². The Bertz CT molecular complexity index is 737. The highest BCUT2D eigenvalue weighted by Crippen LogP contribution is 2.29. The molecule has 1 aliphatic rings. The Balaban J connectivity index is 1.94. The second kappa shape index (κ2) is 6.71. The number of aromatic nitrogens is 4. The van der Waals surface area contributed by atoms with Gasteiger partial charge in [0.2, 0.25) is 5.91 Å². The molecule has 1 fully saturated rings. The summed E-state index contributed by atoms with van der Waals surface area (Å²) in [7, 11) is 0. The van der Waals surface area contributed by atoms with Gasteiger partial charge in [-0.3, -0.25) is 9.48 Å². The van der Waals surface area contributed by atoms with Crippen LogP contribution in [0.4, 0.5) is 0 Å². The molecule has 128 valence electrons. The lowest BCUT2D eigenvalue weighted by Gasteiger charge is -2.32. The average molecular weight is 327 g/mol. The quantitative estimate of drug-likeness (QED) is 0.869. The fourth-order valence-electron chi connectivity index (χ4n) is 3.36. The van der Waals surface area contributed by atoms with E-state index in [1.165, 1.54) is 0 Å². The Hall–Kier alpha value is -2.24. The first kappa shape index (κ1) is 16.6. The summed E-state index contributed by atoms with van der Waals surface area (Å²) in [6.45, 7) is 9.38. The van der Waals surface area contributed by atoms with Crippen LogP contribution in [0.25, 0.3) is 11.4 Å². The molecule has 1 saturated heterocycles. The Morgan fingerprint density at radius 3 is 2.83 bits per heavy atom. The largest absolute Gasteiger partial charge is 0.342 e. The van der Waals surface area contributed by atoms with Crippen molar-refractivity contribution in [2.75, 3.05) is 13.1 Å². The number of nitrogens with zero attached hydrogens (tertiary/aromatic N) is 5. The third kappa shape index (κ3) is 3.32. The van der Waals surface area contributed by atoms with Crippen LogP contribution < -0.4 is 0 Å². The number of carbonyl (C=O) groups is 1. The normalized spacial score (nSPS) is 18.2. The van der Waals surface area contributed by atoms with Crippen molar-refractivity contribution < 1.29 is 4.79 Å². The molecule has 3 heterocycles. The van der Waals surface area contributed by atoms with E-state index in [0.29, 0.717) is 0 Å². The molecule has 0 N–H and O–H groups in total. The monoisotopic (exact) mass is 327 g/mol. The van der Waals surface area contributed by atoms with Gasteiger partial charge in [-0.25, -0.2) is 9.97 Å². The summed E-state index contributed by atoms with van der Waals surface area (Å²) in [5.74, 6) is 1.18. The maximum absolute atomic E-state index is 11.7. The molecule has 1 atom stereocenters. The summed E-state index contributed by atoms with van der Waals surface area (Å²) >= 11 is 0. The van der Waals surface area contributed by atoms with E-state index in [-0.39, 0.29) is 17.9 Å². The van der Waals surface area contributed by atoms with Crippen LogP contribution in [-0.4, -0.2) is 43.6 Å². The number of amides is 1. The Kier molecular flexibility index (Phi) is 4.64. The fraction of sp³-hybridized carbons (Fsp3) is 0.556. The molecule has 2 aromatic rings. The third-order valence-corrected chi connectivity index (χ3v) is 4.56. The zero-order valence-electron chi connectivity index (χ0n) is 14.9. The van der Waals surface area contributed by atoms with E-state index in [1.807, 2.05) is 28.8 Å². The van der Waals surface area contributed by atoms with Crippen LogP contribution in [-0.2, 0) is 4.79 Å². The molecule has 0 spiro atoms. The van der Waals surface area contributed by atoms with Crippen molar-refractivity contribution >= 4 is 5.91 Å². The van der Waals surface area contributed by atoms with Crippen molar-refractivity contribution in [3.8, 4) is 11.4 Å².